The van der Waals surface area contributed by atoms with Gasteiger partial charge in [-0.3, -0.25) is 0 Å². The number of sulfonamides is 1. The molecule has 0 saturated carbocycles. The highest BCUT2D eigenvalue weighted by Gasteiger charge is 2.28. The minimum Gasteiger partial charge on any atom is -0.461 e. The standard InChI is InChI=1S/C11H13NO5S2/c1-3-5-17-11(14)9-10(8(4-2)6-18-9)19(15,16)12-7-13/h6H,3-5H2,1-2H3. The minimum absolute atomic E-state index is 0.0516. The lowest BCUT2D eigenvalue weighted by Gasteiger charge is -2.04. The van der Waals surface area contributed by atoms with Crippen molar-refractivity contribution in [2.24, 2.45) is 4.40 Å². The second-order valence-electron chi connectivity index (χ2n) is 3.57. The van der Waals surface area contributed by atoms with E-state index in [4.69, 9.17) is 4.74 Å². The lowest BCUT2D eigenvalue weighted by Crippen LogP contribution is -2.10. The Morgan fingerprint density at radius 2 is 2.16 bits per heavy atom. The van der Waals surface area contributed by atoms with Gasteiger partial charge in [-0.15, -0.1) is 11.3 Å². The van der Waals surface area contributed by atoms with Crippen molar-refractivity contribution in [3.63, 3.8) is 0 Å². The van der Waals surface area contributed by atoms with Gasteiger partial charge < -0.3 is 4.74 Å². The van der Waals surface area contributed by atoms with E-state index in [1.807, 2.05) is 6.92 Å². The van der Waals surface area contributed by atoms with Crippen molar-refractivity contribution in [3.8, 4) is 0 Å². The van der Waals surface area contributed by atoms with Gasteiger partial charge in [0.1, 0.15) is 9.77 Å². The Balaban J connectivity index is 3.32. The molecule has 1 aromatic heterocycles. The van der Waals surface area contributed by atoms with E-state index in [0.717, 1.165) is 17.4 Å². The van der Waals surface area contributed by atoms with Crippen LogP contribution in [0.25, 0.3) is 0 Å². The normalized spacial score (nSPS) is 10.8. The quantitative estimate of drug-likeness (QED) is 0.455. The highest BCUT2D eigenvalue weighted by atomic mass is 32.2. The summed E-state index contributed by atoms with van der Waals surface area (Å²) >= 11 is 0.968. The molecule has 0 aromatic carbocycles. The Labute approximate surface area is 115 Å². The zero-order valence-corrected chi connectivity index (χ0v) is 12.1. The van der Waals surface area contributed by atoms with Gasteiger partial charge >= 0.3 is 5.97 Å². The van der Waals surface area contributed by atoms with Gasteiger partial charge in [-0.1, -0.05) is 18.2 Å². The largest absolute Gasteiger partial charge is 0.461 e. The first kappa shape index (κ1) is 15.6. The first-order valence-electron chi connectivity index (χ1n) is 5.59. The summed E-state index contributed by atoms with van der Waals surface area (Å²) in [5.41, 5.74) is 0.437. The number of aryl methyl sites for hydroxylation is 1. The highest BCUT2D eigenvalue weighted by Crippen LogP contribution is 2.30. The molecule has 1 heterocycles. The van der Waals surface area contributed by atoms with Crippen LogP contribution in [0, 0.1) is 0 Å². The summed E-state index contributed by atoms with van der Waals surface area (Å²) in [6.07, 6.45) is 2.03. The van der Waals surface area contributed by atoms with Gasteiger partial charge in [0.15, 0.2) is 0 Å². The summed E-state index contributed by atoms with van der Waals surface area (Å²) in [5, 5.41) is 1.55. The van der Waals surface area contributed by atoms with Crippen molar-refractivity contribution in [2.45, 2.75) is 31.6 Å². The molecule has 1 rings (SSSR count). The molecule has 19 heavy (non-hydrogen) atoms. The molecule has 0 fully saturated rings. The lowest BCUT2D eigenvalue weighted by atomic mass is 10.2. The zero-order valence-electron chi connectivity index (χ0n) is 10.5. The van der Waals surface area contributed by atoms with Gasteiger partial charge in [0.2, 0.25) is 0 Å². The Morgan fingerprint density at radius 3 is 2.68 bits per heavy atom. The van der Waals surface area contributed by atoms with Crippen LogP contribution in [-0.4, -0.2) is 27.1 Å². The molecule has 0 radical (unpaired) electrons. The number of esters is 1. The summed E-state index contributed by atoms with van der Waals surface area (Å²) in [4.78, 5) is 21.7. The second kappa shape index (κ2) is 6.60. The fraction of sp³-hybridized carbons (Fsp3) is 0.455. The summed E-state index contributed by atoms with van der Waals surface area (Å²) in [6.45, 7) is 3.77. The summed E-state index contributed by atoms with van der Waals surface area (Å²) in [7, 11) is -4.20. The number of isocyanates is 1. The molecule has 1 aromatic rings. The molecule has 0 spiro atoms. The van der Waals surface area contributed by atoms with Crippen LogP contribution in [0.3, 0.4) is 0 Å². The number of rotatable bonds is 6. The van der Waals surface area contributed by atoms with Crippen LogP contribution in [0.2, 0.25) is 0 Å². The van der Waals surface area contributed by atoms with Gasteiger partial charge in [0.05, 0.1) is 6.61 Å². The fourth-order valence-corrected chi connectivity index (χ4v) is 3.92. The first-order chi connectivity index (χ1) is 8.97. The van der Waals surface area contributed by atoms with Crippen molar-refractivity contribution in [3.05, 3.63) is 15.8 Å². The molecule has 0 N–H and O–H groups in total. The predicted octanol–water partition coefficient (Wildman–Crippen LogP) is 1.90. The maximum atomic E-state index is 11.8. The van der Waals surface area contributed by atoms with Crippen molar-refractivity contribution >= 4 is 33.4 Å². The highest BCUT2D eigenvalue weighted by molar-refractivity contribution is 7.90. The van der Waals surface area contributed by atoms with Crippen LogP contribution >= 0.6 is 11.3 Å². The SMILES string of the molecule is CCCOC(=O)c1scc(CC)c1S(=O)(=O)N=C=O. The van der Waals surface area contributed by atoms with Crippen LogP contribution in [0.4, 0.5) is 0 Å². The van der Waals surface area contributed by atoms with Crippen molar-refractivity contribution in [1.29, 1.82) is 0 Å². The third-order valence-electron chi connectivity index (χ3n) is 2.24. The van der Waals surface area contributed by atoms with E-state index in [2.05, 4.69) is 4.40 Å². The zero-order chi connectivity index (χ0) is 14.5. The number of hydrogen-bond donors (Lipinski definition) is 0. The third-order valence-corrected chi connectivity index (χ3v) is 4.67. The average Bonchev–Trinajstić information content (AvgIpc) is 2.80. The van der Waals surface area contributed by atoms with E-state index in [-0.39, 0.29) is 16.4 Å². The monoisotopic (exact) mass is 303 g/mol. The number of hydrogen-bond acceptors (Lipinski definition) is 6. The fourth-order valence-electron chi connectivity index (χ4n) is 1.41. The molecule has 0 aliphatic carbocycles. The summed E-state index contributed by atoms with van der Waals surface area (Å²) in [5.74, 6) is -0.716. The molecule has 0 aliphatic heterocycles. The van der Waals surface area contributed by atoms with Gasteiger partial charge in [0.25, 0.3) is 16.1 Å². The molecule has 6 nitrogen and oxygen atoms in total. The molecule has 0 saturated heterocycles. The summed E-state index contributed by atoms with van der Waals surface area (Å²) < 4.78 is 31.4. The number of thiophene rings is 1. The van der Waals surface area contributed by atoms with Crippen molar-refractivity contribution in [2.75, 3.05) is 6.61 Å². The van der Waals surface area contributed by atoms with E-state index in [1.165, 1.54) is 0 Å². The maximum absolute atomic E-state index is 11.8. The Bertz CT molecular complexity index is 611. The minimum atomic E-state index is -4.20. The lowest BCUT2D eigenvalue weighted by molar-refractivity contribution is 0.0506. The van der Waals surface area contributed by atoms with E-state index < -0.39 is 16.0 Å². The van der Waals surface area contributed by atoms with E-state index in [9.17, 15) is 18.0 Å². The van der Waals surface area contributed by atoms with Crippen LogP contribution in [0.15, 0.2) is 14.7 Å². The number of nitrogens with zero attached hydrogens (tertiary/aromatic N) is 1. The maximum Gasteiger partial charge on any atom is 0.349 e. The molecule has 0 unspecified atom stereocenters. The van der Waals surface area contributed by atoms with Crippen LogP contribution in [0.1, 0.15) is 35.5 Å². The van der Waals surface area contributed by atoms with Gasteiger partial charge in [-0.2, -0.15) is 8.42 Å². The van der Waals surface area contributed by atoms with Crippen LogP contribution in [-0.2, 0) is 26.0 Å². The molecular weight excluding hydrogens is 290 g/mol. The Morgan fingerprint density at radius 1 is 1.47 bits per heavy atom. The van der Waals surface area contributed by atoms with Crippen molar-refractivity contribution < 1.29 is 22.7 Å². The third kappa shape index (κ3) is 3.50. The predicted molar refractivity (Wildman–Crippen MR) is 69.6 cm³/mol. The second-order valence-corrected chi connectivity index (χ2v) is 5.99. The Hall–Kier alpha value is -1.50. The van der Waals surface area contributed by atoms with Gasteiger partial charge in [0, 0.05) is 0 Å². The molecule has 0 amide bonds. The topological polar surface area (TPSA) is 89.9 Å². The molecule has 0 aliphatic rings. The molecule has 0 bridgehead atoms. The average molecular weight is 303 g/mol. The molecule has 0 atom stereocenters. The number of ether oxygens (including phenoxy) is 1. The smallest absolute Gasteiger partial charge is 0.349 e. The van der Waals surface area contributed by atoms with Crippen molar-refractivity contribution in [1.82, 2.24) is 0 Å². The van der Waals surface area contributed by atoms with E-state index in [0.29, 0.717) is 18.4 Å². The number of carbonyl (C=O) groups excluding carboxylic acids is 2. The van der Waals surface area contributed by atoms with Crippen LogP contribution < -0.4 is 0 Å². The Kier molecular flexibility index (Phi) is 5.41. The van der Waals surface area contributed by atoms with Gasteiger partial charge in [-0.25, -0.2) is 9.59 Å². The first-order valence-corrected chi connectivity index (χ1v) is 7.91. The van der Waals surface area contributed by atoms with Crippen LogP contribution in [0.5, 0.6) is 0 Å². The molecule has 8 heteroatoms. The number of carbonyl (C=O) groups is 1. The molecular formula is C11H13NO5S2. The van der Waals surface area contributed by atoms with E-state index >= 15 is 0 Å². The summed E-state index contributed by atoms with van der Waals surface area (Å²) in [6, 6.07) is 0. The van der Waals surface area contributed by atoms with E-state index in [1.54, 1.807) is 12.3 Å². The molecule has 104 valence electrons. The van der Waals surface area contributed by atoms with Gasteiger partial charge in [-0.05, 0) is 23.8 Å².